The van der Waals surface area contributed by atoms with Gasteiger partial charge < -0.3 is 47.0 Å². The quantitative estimate of drug-likeness (QED) is 0.269. The first-order valence-electron chi connectivity index (χ1n) is 14.9. The molecule has 0 radical (unpaired) electrons. The molecule has 0 aromatic rings. The van der Waals surface area contributed by atoms with Crippen molar-refractivity contribution >= 4 is 42.3 Å². The average Bonchev–Trinajstić information content (AvgIpc) is 3.20. The van der Waals surface area contributed by atoms with Gasteiger partial charge in [0.05, 0.1) is 6.10 Å². The Labute approximate surface area is 283 Å². The molecule has 0 saturated heterocycles. The third-order valence-corrected chi connectivity index (χ3v) is 9.90. The number of hydrogen-bond donors (Lipinski definition) is 5. The number of aliphatic carboxylic acids is 2. The second-order valence-electron chi connectivity index (χ2n) is 12.6. The van der Waals surface area contributed by atoms with Gasteiger partial charge in [0.1, 0.15) is 12.2 Å². The van der Waals surface area contributed by atoms with Crippen LogP contribution in [0.25, 0.3) is 0 Å². The van der Waals surface area contributed by atoms with Crippen LogP contribution in [0.2, 0.25) is 0 Å². The van der Waals surface area contributed by atoms with Crippen molar-refractivity contribution in [3.63, 3.8) is 0 Å². The van der Waals surface area contributed by atoms with Gasteiger partial charge in [0.15, 0.2) is 11.6 Å². The second kappa shape index (κ2) is 19.6. The van der Waals surface area contributed by atoms with Crippen LogP contribution in [0.15, 0.2) is 23.8 Å². The van der Waals surface area contributed by atoms with Gasteiger partial charge in [0.2, 0.25) is 0 Å². The Morgan fingerprint density at radius 3 is 2.00 bits per heavy atom. The maximum absolute atomic E-state index is 12.4. The van der Waals surface area contributed by atoms with E-state index >= 15 is 0 Å². The number of nitrogens with two attached hydrogens (primary N) is 1. The molecule has 0 spiro atoms. The standard InChI is InChI=1S/C21H28O5.C6H13N.2C2H4O2.2ClH.H3N.Pt/c1-19-7-5-13(23)9-12(19)3-4-14-15-6-8-21(26,17(25)11-22)20(15,2)10-16(24)18(14)19;7-6-4-2-1-3-5-6;2*1-2(3)4;;;;/h5,7,9,14-16,18,22,24,26H,3-4,6,8,10-11H2,1-2H3;6H,1-5,7H2;2*1H3,(H,3,4);2*1H;1H3;/q;;;;;;;+4/p-4/t14-,15-,16-,18+,19-,20-,21-;;;;;;;/m0......./s1. The number of aliphatic hydroxyl groups excluding tert-OH is 2. The Balaban J connectivity index is 0.000000838. The normalized spacial score (nSPS) is 34.4. The number of carbonyl (C=O) groups is 4. The molecule has 0 bridgehead atoms. The molecule has 8 N–H and O–H groups in total. The molecule has 14 heteroatoms. The van der Waals surface area contributed by atoms with E-state index in [9.17, 15) is 24.9 Å². The van der Waals surface area contributed by atoms with E-state index in [0.717, 1.165) is 38.7 Å². The molecule has 7 atom stereocenters. The summed E-state index contributed by atoms with van der Waals surface area (Å²) in [6.07, 6.45) is 14.3. The molecular formula is C31H50Cl2N2O9Pt. The number of ketones is 2. The number of fused-ring (bicyclic) bond motifs is 5. The van der Waals surface area contributed by atoms with Gasteiger partial charge in [-0.3, -0.25) is 9.59 Å². The molecular weight excluding hydrogens is 810 g/mol. The van der Waals surface area contributed by atoms with E-state index in [0.29, 0.717) is 18.9 Å². The number of aliphatic hydroxyl groups is 3. The number of carboxylic acid groups (broad SMARTS) is 2. The van der Waals surface area contributed by atoms with Gasteiger partial charge in [-0.1, -0.05) is 44.8 Å². The van der Waals surface area contributed by atoms with Crippen molar-refractivity contribution in [3.05, 3.63) is 23.8 Å². The molecule has 0 aromatic heterocycles. The van der Waals surface area contributed by atoms with Crippen LogP contribution >= 0.6 is 18.8 Å². The summed E-state index contributed by atoms with van der Waals surface area (Å²) in [5.41, 5.74) is 4.09. The van der Waals surface area contributed by atoms with Crippen molar-refractivity contribution in [2.24, 2.45) is 34.3 Å². The molecule has 5 aliphatic rings. The first kappa shape index (κ1) is 43.8. The fourth-order valence-corrected chi connectivity index (χ4v) is 8.05. The molecule has 5 aliphatic carbocycles. The molecule has 0 aliphatic heterocycles. The minimum atomic E-state index is -1.56. The Kier molecular flexibility index (Phi) is 19.1. The summed E-state index contributed by atoms with van der Waals surface area (Å²) >= 11 is -0.472. The van der Waals surface area contributed by atoms with Crippen LogP contribution in [0.1, 0.15) is 91.9 Å². The van der Waals surface area contributed by atoms with Gasteiger partial charge in [-0.25, -0.2) is 0 Å². The summed E-state index contributed by atoms with van der Waals surface area (Å²) < 4.78 is 0. The Hall–Kier alpha value is -1.17. The van der Waals surface area contributed by atoms with E-state index in [1.54, 1.807) is 12.2 Å². The van der Waals surface area contributed by atoms with E-state index in [1.165, 1.54) is 32.1 Å². The minimum absolute atomic E-state index is 0. The van der Waals surface area contributed by atoms with Gasteiger partial charge in [-0.2, -0.15) is 0 Å². The summed E-state index contributed by atoms with van der Waals surface area (Å²) in [7, 11) is 9.75. The van der Waals surface area contributed by atoms with E-state index in [2.05, 4.69) is 6.92 Å². The molecule has 0 aromatic carbocycles. The van der Waals surface area contributed by atoms with Crippen molar-refractivity contribution in [2.45, 2.75) is 110 Å². The average molecular weight is 861 g/mol. The number of allylic oxidation sites excluding steroid dienone is 4. The van der Waals surface area contributed by atoms with E-state index in [4.69, 9.17) is 44.4 Å². The summed E-state index contributed by atoms with van der Waals surface area (Å²) in [5.74, 6) is -2.39. The Bertz CT molecular complexity index is 1050. The number of halogens is 2. The molecule has 4 saturated carbocycles. The van der Waals surface area contributed by atoms with Gasteiger partial charge >= 0.3 is 35.3 Å². The monoisotopic (exact) mass is 859 g/mol. The molecule has 45 heavy (non-hydrogen) atoms. The Morgan fingerprint density at radius 2 is 1.56 bits per heavy atom. The molecule has 262 valence electrons. The van der Waals surface area contributed by atoms with Crippen LogP contribution in [0.3, 0.4) is 0 Å². The zero-order valence-corrected chi connectivity index (χ0v) is 30.3. The number of carboxylic acids is 2. The molecule has 4 fully saturated rings. The summed E-state index contributed by atoms with van der Waals surface area (Å²) in [6, 6.07) is 0.536. The molecule has 5 rings (SSSR count). The Morgan fingerprint density at radius 1 is 1.04 bits per heavy atom. The van der Waals surface area contributed by atoms with Crippen molar-refractivity contribution in [1.29, 1.82) is 0 Å². The van der Waals surface area contributed by atoms with Gasteiger partial charge in [-0.15, -0.1) is 0 Å². The maximum atomic E-state index is 12.4. The zero-order valence-electron chi connectivity index (χ0n) is 26.5. The zero-order chi connectivity index (χ0) is 33.9. The summed E-state index contributed by atoms with van der Waals surface area (Å²) in [5, 5.41) is 49.4. The van der Waals surface area contributed by atoms with Crippen LogP contribution in [0, 0.1) is 28.6 Å². The number of hydrogen-bond acceptors (Lipinski definition) is 11. The van der Waals surface area contributed by atoms with Crippen molar-refractivity contribution in [1.82, 2.24) is 6.15 Å². The molecule has 0 amide bonds. The predicted molar refractivity (Wildman–Crippen MR) is 164 cm³/mol. The van der Waals surface area contributed by atoms with Crippen molar-refractivity contribution < 1.29 is 61.2 Å². The van der Waals surface area contributed by atoms with Gasteiger partial charge in [-0.05, 0) is 82.8 Å². The first-order valence-corrected chi connectivity index (χ1v) is 20.5. The SMILES string of the molecule is CC(=O)[O-].CC(=O)[O-].C[C@]12C=CC(=O)C=C1CC[C@@H]1[C@@H]2[C@@H](O)C[C@@]2(C)[C@H]1CC[C@]2(O)C(=O)CO.N.NC1CCCCC1.[Cl][Pt+2][Cl]. The van der Waals surface area contributed by atoms with Crippen molar-refractivity contribution in [2.75, 3.05) is 6.61 Å². The van der Waals surface area contributed by atoms with Crippen LogP contribution in [0.5, 0.6) is 0 Å². The fraction of sp³-hybridized carbons (Fsp3) is 0.742. The molecule has 0 heterocycles. The second-order valence-corrected chi connectivity index (χ2v) is 15.9. The topological polar surface area (TPSA) is 236 Å². The van der Waals surface area contributed by atoms with E-state index in [-0.39, 0.29) is 35.1 Å². The third kappa shape index (κ3) is 11.2. The molecule has 11 nitrogen and oxygen atoms in total. The third-order valence-electron chi connectivity index (χ3n) is 9.90. The van der Waals surface area contributed by atoms with E-state index in [1.807, 2.05) is 13.0 Å². The first-order chi connectivity index (χ1) is 20.4. The van der Waals surface area contributed by atoms with Crippen LogP contribution in [0.4, 0.5) is 0 Å². The van der Waals surface area contributed by atoms with Crippen LogP contribution in [-0.4, -0.2) is 63.2 Å². The van der Waals surface area contributed by atoms with Crippen molar-refractivity contribution in [3.8, 4) is 0 Å². The predicted octanol–water partition coefficient (Wildman–Crippen LogP) is 1.89. The number of carbonyl (C=O) groups excluding carboxylic acids is 4. The van der Waals surface area contributed by atoms with Crippen LogP contribution in [-0.2, 0) is 35.7 Å². The number of rotatable bonds is 2. The fourth-order valence-electron chi connectivity index (χ4n) is 8.05. The van der Waals surface area contributed by atoms with Gasteiger partial charge in [0, 0.05) is 34.7 Å². The summed E-state index contributed by atoms with van der Waals surface area (Å²) in [6.45, 7) is 5.29. The molecule has 0 unspecified atom stereocenters. The summed E-state index contributed by atoms with van der Waals surface area (Å²) in [4.78, 5) is 41.9. The van der Waals surface area contributed by atoms with E-state index < -0.39 is 57.9 Å². The van der Waals surface area contributed by atoms with Gasteiger partial charge in [0.25, 0.3) is 0 Å². The number of Topliss-reactive ketones (excluding diaryl/α,β-unsaturated/α-hetero) is 1. The van der Waals surface area contributed by atoms with Crippen LogP contribution < -0.4 is 22.1 Å².